The minimum atomic E-state index is -1.10. The van der Waals surface area contributed by atoms with Crippen molar-refractivity contribution in [2.75, 3.05) is 12.4 Å². The van der Waals surface area contributed by atoms with Gasteiger partial charge >= 0.3 is 5.69 Å². The van der Waals surface area contributed by atoms with Crippen molar-refractivity contribution in [3.63, 3.8) is 0 Å². The van der Waals surface area contributed by atoms with E-state index in [9.17, 15) is 19.3 Å². The van der Waals surface area contributed by atoms with Gasteiger partial charge in [-0.15, -0.1) is 0 Å². The van der Waals surface area contributed by atoms with Gasteiger partial charge in [-0.25, -0.2) is 0 Å². The van der Waals surface area contributed by atoms with Gasteiger partial charge in [0.1, 0.15) is 12.2 Å². The van der Waals surface area contributed by atoms with Crippen molar-refractivity contribution >= 4 is 17.3 Å². The largest absolute Gasteiger partial charge is 0.494 e. The number of carbonyl (C=O) groups is 1. The average molecular weight is 253 g/mol. The third kappa shape index (κ3) is 2.91. The smallest absolute Gasteiger partial charge is 0.308 e. The maximum atomic E-state index is 13.3. The number of carbonyl (C=O) groups excluding carboxylic acids is 1. The molecule has 1 rings (SSSR count). The zero-order chi connectivity index (χ0) is 13.7. The van der Waals surface area contributed by atoms with Crippen molar-refractivity contribution in [2.45, 2.75) is 6.42 Å². The number of nitrogens with zero attached hydrogens (tertiary/aromatic N) is 2. The van der Waals surface area contributed by atoms with Crippen LogP contribution in [0.1, 0.15) is 6.42 Å². The van der Waals surface area contributed by atoms with E-state index < -0.39 is 28.8 Å². The van der Waals surface area contributed by atoms with Crippen LogP contribution in [0.5, 0.6) is 5.75 Å². The molecule has 8 heteroatoms. The van der Waals surface area contributed by atoms with Crippen LogP contribution in [0.3, 0.4) is 0 Å². The first-order chi connectivity index (χ1) is 8.49. The number of rotatable bonds is 4. The molecule has 0 heterocycles. The van der Waals surface area contributed by atoms with Gasteiger partial charge in [-0.3, -0.25) is 14.9 Å². The van der Waals surface area contributed by atoms with Crippen LogP contribution in [0.15, 0.2) is 12.1 Å². The molecular formula is C10H8FN3O4. The van der Waals surface area contributed by atoms with Gasteiger partial charge in [-0.2, -0.15) is 9.65 Å². The molecular weight excluding hydrogens is 245 g/mol. The van der Waals surface area contributed by atoms with Crippen molar-refractivity contribution in [3.05, 3.63) is 28.1 Å². The Morgan fingerprint density at radius 3 is 2.83 bits per heavy atom. The third-order valence-corrected chi connectivity index (χ3v) is 1.98. The fourth-order valence-electron chi connectivity index (χ4n) is 1.22. The Kier molecular flexibility index (Phi) is 4.15. The zero-order valence-corrected chi connectivity index (χ0v) is 9.27. The fourth-order valence-corrected chi connectivity index (χ4v) is 1.22. The number of anilines is 1. The van der Waals surface area contributed by atoms with Gasteiger partial charge in [0.05, 0.1) is 29.9 Å². The van der Waals surface area contributed by atoms with Crippen molar-refractivity contribution in [3.8, 4) is 11.8 Å². The van der Waals surface area contributed by atoms with Crippen LogP contribution in [0.25, 0.3) is 0 Å². The van der Waals surface area contributed by atoms with E-state index in [2.05, 4.69) is 5.32 Å². The van der Waals surface area contributed by atoms with Gasteiger partial charge in [0.2, 0.25) is 11.7 Å². The lowest BCUT2D eigenvalue weighted by atomic mass is 10.2. The molecule has 0 aromatic heterocycles. The number of methoxy groups -OCH3 is 1. The van der Waals surface area contributed by atoms with E-state index in [1.165, 1.54) is 7.11 Å². The number of amides is 1. The van der Waals surface area contributed by atoms with Crippen molar-refractivity contribution in [2.24, 2.45) is 0 Å². The molecule has 0 saturated heterocycles. The van der Waals surface area contributed by atoms with Crippen molar-refractivity contribution in [1.29, 1.82) is 5.26 Å². The van der Waals surface area contributed by atoms with E-state index in [0.29, 0.717) is 0 Å². The second-order valence-corrected chi connectivity index (χ2v) is 3.14. The summed E-state index contributed by atoms with van der Waals surface area (Å²) in [6, 6.07) is 3.24. The van der Waals surface area contributed by atoms with Gasteiger partial charge in [-0.1, -0.05) is 0 Å². The van der Waals surface area contributed by atoms with E-state index in [1.807, 2.05) is 0 Å². The number of nitriles is 1. The lowest BCUT2D eigenvalue weighted by molar-refractivity contribution is -0.387. The number of ether oxygens (including phenoxy) is 1. The molecule has 1 N–H and O–H groups in total. The standard InChI is InChI=1S/C10H8FN3O4/c1-18-9-5-8(14(16)17)6(11)4-7(9)13-10(15)2-3-12/h4-5H,2H2,1H3,(H,13,15). The van der Waals surface area contributed by atoms with Crippen LogP contribution in [-0.2, 0) is 4.79 Å². The highest BCUT2D eigenvalue weighted by molar-refractivity contribution is 5.93. The predicted octanol–water partition coefficient (Wildman–Crippen LogP) is 1.59. The Bertz CT molecular complexity index is 539. The number of hydrogen-bond donors (Lipinski definition) is 1. The summed E-state index contributed by atoms with van der Waals surface area (Å²) in [7, 11) is 1.22. The summed E-state index contributed by atoms with van der Waals surface area (Å²) in [6.45, 7) is 0. The zero-order valence-electron chi connectivity index (χ0n) is 9.27. The SMILES string of the molecule is COc1cc([N+](=O)[O-])c(F)cc1NC(=O)CC#N. The summed E-state index contributed by atoms with van der Waals surface area (Å²) >= 11 is 0. The first kappa shape index (κ1) is 13.4. The van der Waals surface area contributed by atoms with Gasteiger partial charge in [-0.05, 0) is 0 Å². The number of benzene rings is 1. The first-order valence-electron chi connectivity index (χ1n) is 4.68. The molecule has 0 fully saturated rings. The highest BCUT2D eigenvalue weighted by Crippen LogP contribution is 2.31. The maximum Gasteiger partial charge on any atom is 0.308 e. The Morgan fingerprint density at radius 2 is 2.33 bits per heavy atom. The topological polar surface area (TPSA) is 105 Å². The molecule has 0 atom stereocenters. The fraction of sp³-hybridized carbons (Fsp3) is 0.200. The molecule has 0 aliphatic carbocycles. The van der Waals surface area contributed by atoms with E-state index in [4.69, 9.17) is 10.00 Å². The van der Waals surface area contributed by atoms with Crippen LogP contribution in [-0.4, -0.2) is 17.9 Å². The van der Waals surface area contributed by atoms with Crippen LogP contribution < -0.4 is 10.1 Å². The molecule has 7 nitrogen and oxygen atoms in total. The summed E-state index contributed by atoms with van der Waals surface area (Å²) in [6.07, 6.45) is -0.415. The highest BCUT2D eigenvalue weighted by Gasteiger charge is 2.19. The van der Waals surface area contributed by atoms with E-state index in [0.717, 1.165) is 12.1 Å². The summed E-state index contributed by atoms with van der Waals surface area (Å²) in [4.78, 5) is 20.8. The van der Waals surface area contributed by atoms with Crippen LogP contribution in [0.4, 0.5) is 15.8 Å². The van der Waals surface area contributed by atoms with Crippen molar-refractivity contribution in [1.82, 2.24) is 0 Å². The van der Waals surface area contributed by atoms with Crippen LogP contribution in [0.2, 0.25) is 0 Å². The molecule has 0 aliphatic heterocycles. The molecule has 1 amide bonds. The van der Waals surface area contributed by atoms with Crippen LogP contribution in [0, 0.1) is 27.3 Å². The molecule has 18 heavy (non-hydrogen) atoms. The first-order valence-corrected chi connectivity index (χ1v) is 4.68. The lowest BCUT2D eigenvalue weighted by Crippen LogP contribution is -2.11. The normalized spacial score (nSPS) is 9.39. The second-order valence-electron chi connectivity index (χ2n) is 3.14. The monoisotopic (exact) mass is 253 g/mol. The molecule has 94 valence electrons. The van der Waals surface area contributed by atoms with Gasteiger partial charge in [0.15, 0.2) is 0 Å². The number of halogens is 1. The second kappa shape index (κ2) is 5.58. The number of hydrogen-bond acceptors (Lipinski definition) is 5. The minimum Gasteiger partial charge on any atom is -0.494 e. The molecule has 0 spiro atoms. The molecule has 1 aromatic carbocycles. The Labute approximate surface area is 101 Å². The van der Waals surface area contributed by atoms with E-state index >= 15 is 0 Å². The van der Waals surface area contributed by atoms with Gasteiger partial charge in [0.25, 0.3) is 0 Å². The van der Waals surface area contributed by atoms with Gasteiger partial charge < -0.3 is 10.1 Å². The number of nitro groups is 1. The summed E-state index contributed by atoms with van der Waals surface area (Å²) in [5.41, 5.74) is -0.828. The summed E-state index contributed by atoms with van der Waals surface area (Å²) in [5, 5.41) is 21.0. The highest BCUT2D eigenvalue weighted by atomic mass is 19.1. The number of nitrogens with one attached hydrogen (secondary N) is 1. The molecule has 0 bridgehead atoms. The number of nitro benzene ring substituents is 1. The predicted molar refractivity (Wildman–Crippen MR) is 58.5 cm³/mol. The summed E-state index contributed by atoms with van der Waals surface area (Å²) in [5.74, 6) is -1.83. The van der Waals surface area contributed by atoms with Gasteiger partial charge in [0, 0.05) is 6.07 Å². The van der Waals surface area contributed by atoms with Crippen molar-refractivity contribution < 1.29 is 18.8 Å². The maximum absolute atomic E-state index is 13.3. The average Bonchev–Trinajstić information content (AvgIpc) is 2.29. The van der Waals surface area contributed by atoms with E-state index in [1.54, 1.807) is 6.07 Å². The summed E-state index contributed by atoms with van der Waals surface area (Å²) < 4.78 is 18.1. The Morgan fingerprint density at radius 1 is 1.67 bits per heavy atom. The molecule has 0 radical (unpaired) electrons. The van der Waals surface area contributed by atoms with Crippen LogP contribution >= 0.6 is 0 Å². The van der Waals surface area contributed by atoms with E-state index in [-0.39, 0.29) is 11.4 Å². The molecule has 1 aromatic rings. The molecule has 0 unspecified atom stereocenters. The molecule has 0 saturated carbocycles. The Hall–Kier alpha value is -2.69. The third-order valence-electron chi connectivity index (χ3n) is 1.98. The quantitative estimate of drug-likeness (QED) is 0.647. The lowest BCUT2D eigenvalue weighted by Gasteiger charge is -2.09. The minimum absolute atomic E-state index is 0.0608. The Balaban J connectivity index is 3.13. The molecule has 0 aliphatic rings.